The monoisotopic (exact) mass is 435 g/mol. The van der Waals surface area contributed by atoms with Crippen LogP contribution in [0.5, 0.6) is 0 Å². The number of carbonyl (C=O) groups excluding carboxylic acids is 1. The molecule has 160 valence electrons. The minimum absolute atomic E-state index is 0.158. The Morgan fingerprint density at radius 1 is 1.13 bits per heavy atom. The quantitative estimate of drug-likeness (QED) is 0.572. The van der Waals surface area contributed by atoms with Crippen molar-refractivity contribution in [2.75, 3.05) is 18.4 Å². The highest BCUT2D eigenvalue weighted by atomic mass is 32.2. The van der Waals surface area contributed by atoms with Crippen LogP contribution in [0.2, 0.25) is 0 Å². The van der Waals surface area contributed by atoms with E-state index in [4.69, 9.17) is 0 Å². The van der Waals surface area contributed by atoms with E-state index >= 15 is 0 Å². The number of aryl methyl sites for hydroxylation is 2. The molecular formula is C20H22FN3O5S. The molecule has 0 bridgehead atoms. The number of hydrogen-bond donors (Lipinski definition) is 1. The van der Waals surface area contributed by atoms with Crippen molar-refractivity contribution in [1.82, 2.24) is 4.31 Å². The topological polar surface area (TPSA) is 110 Å². The summed E-state index contributed by atoms with van der Waals surface area (Å²) in [4.78, 5) is 22.9. The Labute approximate surface area is 173 Å². The SMILES string of the molecule is Cc1ccc(S(=O)(=O)N2CCC(C(=O)Nc3cc([N+](=O)[O-])ccc3F)CC2)cc1C. The van der Waals surface area contributed by atoms with Gasteiger partial charge in [-0.2, -0.15) is 4.31 Å². The van der Waals surface area contributed by atoms with E-state index in [9.17, 15) is 27.7 Å². The molecule has 8 nitrogen and oxygen atoms in total. The van der Waals surface area contributed by atoms with Crippen LogP contribution >= 0.6 is 0 Å². The maximum absolute atomic E-state index is 13.9. The van der Waals surface area contributed by atoms with Crippen LogP contribution in [0.4, 0.5) is 15.8 Å². The number of rotatable bonds is 5. The Hall–Kier alpha value is -2.85. The molecule has 1 aliphatic rings. The molecule has 0 atom stereocenters. The van der Waals surface area contributed by atoms with Crippen molar-refractivity contribution in [3.63, 3.8) is 0 Å². The number of nitrogens with one attached hydrogen (secondary N) is 1. The van der Waals surface area contributed by atoms with Crippen molar-refractivity contribution in [3.8, 4) is 0 Å². The number of nitro groups is 1. The van der Waals surface area contributed by atoms with Crippen LogP contribution in [-0.2, 0) is 14.8 Å². The van der Waals surface area contributed by atoms with Gasteiger partial charge in [-0.15, -0.1) is 0 Å². The molecule has 0 spiro atoms. The molecule has 3 rings (SSSR count). The molecule has 0 saturated carbocycles. The van der Waals surface area contributed by atoms with Crippen molar-refractivity contribution in [3.05, 3.63) is 63.5 Å². The molecule has 1 N–H and O–H groups in total. The summed E-state index contributed by atoms with van der Waals surface area (Å²) in [5.74, 6) is -1.78. The number of sulfonamides is 1. The van der Waals surface area contributed by atoms with E-state index < -0.39 is 32.6 Å². The summed E-state index contributed by atoms with van der Waals surface area (Å²) >= 11 is 0. The Kier molecular flexibility index (Phi) is 6.18. The van der Waals surface area contributed by atoms with E-state index in [-0.39, 0.29) is 42.2 Å². The Bertz CT molecular complexity index is 1100. The molecule has 0 unspecified atom stereocenters. The lowest BCUT2D eigenvalue weighted by molar-refractivity contribution is -0.384. The van der Waals surface area contributed by atoms with Gasteiger partial charge in [-0.25, -0.2) is 12.8 Å². The number of amides is 1. The fraction of sp³-hybridized carbons (Fsp3) is 0.350. The Balaban J connectivity index is 1.66. The summed E-state index contributed by atoms with van der Waals surface area (Å²) in [6.07, 6.45) is 0.541. The number of nitro benzene ring substituents is 1. The summed E-state index contributed by atoms with van der Waals surface area (Å²) in [6.45, 7) is 4.06. The number of piperidine rings is 1. The number of non-ortho nitro benzene ring substituents is 1. The first-order chi connectivity index (χ1) is 14.1. The molecule has 2 aromatic carbocycles. The zero-order chi connectivity index (χ0) is 22.1. The van der Waals surface area contributed by atoms with E-state index in [0.717, 1.165) is 29.3 Å². The van der Waals surface area contributed by atoms with Gasteiger partial charge in [0.25, 0.3) is 5.69 Å². The van der Waals surface area contributed by atoms with E-state index in [0.29, 0.717) is 0 Å². The molecule has 1 amide bonds. The number of hydrogen-bond acceptors (Lipinski definition) is 5. The van der Waals surface area contributed by atoms with Gasteiger partial charge in [0, 0.05) is 31.1 Å². The summed E-state index contributed by atoms with van der Waals surface area (Å²) < 4.78 is 41.0. The van der Waals surface area contributed by atoms with Crippen molar-refractivity contribution in [2.24, 2.45) is 5.92 Å². The summed E-state index contributed by atoms with van der Waals surface area (Å²) in [6, 6.07) is 7.87. The zero-order valence-corrected chi connectivity index (χ0v) is 17.4. The molecule has 1 fully saturated rings. The van der Waals surface area contributed by atoms with Crippen LogP contribution in [0.1, 0.15) is 24.0 Å². The van der Waals surface area contributed by atoms with Gasteiger partial charge in [-0.1, -0.05) is 6.07 Å². The second-order valence-electron chi connectivity index (χ2n) is 7.33. The lowest BCUT2D eigenvalue weighted by atomic mass is 9.97. The third kappa shape index (κ3) is 4.49. The number of nitrogens with zero attached hydrogens (tertiary/aromatic N) is 2. The maximum atomic E-state index is 13.9. The van der Waals surface area contributed by atoms with Gasteiger partial charge in [0.1, 0.15) is 5.82 Å². The minimum atomic E-state index is -3.66. The lowest BCUT2D eigenvalue weighted by Gasteiger charge is -2.30. The normalized spacial score (nSPS) is 15.7. The standard InChI is InChI=1S/C20H22FN3O5S/c1-13-3-5-17(11-14(13)2)30(28,29)23-9-7-15(8-10-23)20(25)22-19-12-16(24(26)27)4-6-18(19)21/h3-6,11-12,15H,7-10H2,1-2H3,(H,22,25). The Morgan fingerprint density at radius 2 is 1.80 bits per heavy atom. The van der Waals surface area contributed by atoms with E-state index in [1.54, 1.807) is 18.2 Å². The first-order valence-electron chi connectivity index (χ1n) is 9.42. The zero-order valence-electron chi connectivity index (χ0n) is 16.6. The van der Waals surface area contributed by atoms with Gasteiger partial charge in [-0.3, -0.25) is 14.9 Å². The van der Waals surface area contributed by atoms with Crippen LogP contribution in [0.3, 0.4) is 0 Å². The smallest absolute Gasteiger partial charge is 0.271 e. The third-order valence-corrected chi connectivity index (χ3v) is 7.25. The second kappa shape index (κ2) is 8.49. The molecule has 30 heavy (non-hydrogen) atoms. The number of anilines is 1. The highest BCUT2D eigenvalue weighted by molar-refractivity contribution is 7.89. The highest BCUT2D eigenvalue weighted by Crippen LogP contribution is 2.27. The Morgan fingerprint density at radius 3 is 2.40 bits per heavy atom. The minimum Gasteiger partial charge on any atom is -0.323 e. The molecule has 0 radical (unpaired) electrons. The molecule has 2 aromatic rings. The molecule has 1 aliphatic heterocycles. The van der Waals surface area contributed by atoms with E-state index in [1.807, 2.05) is 13.8 Å². The molecule has 0 aliphatic carbocycles. The summed E-state index contributed by atoms with van der Waals surface area (Å²) in [7, 11) is -3.66. The van der Waals surface area contributed by atoms with E-state index in [2.05, 4.69) is 5.32 Å². The van der Waals surface area contributed by atoms with Crippen LogP contribution in [0, 0.1) is 35.7 Å². The molecule has 10 heteroatoms. The van der Waals surface area contributed by atoms with Crippen molar-refractivity contribution < 1.29 is 22.5 Å². The van der Waals surface area contributed by atoms with Crippen molar-refractivity contribution in [1.29, 1.82) is 0 Å². The maximum Gasteiger partial charge on any atom is 0.271 e. The average molecular weight is 435 g/mol. The summed E-state index contributed by atoms with van der Waals surface area (Å²) in [5, 5.41) is 13.2. The fourth-order valence-corrected chi connectivity index (χ4v) is 4.89. The average Bonchev–Trinajstić information content (AvgIpc) is 2.71. The lowest BCUT2D eigenvalue weighted by Crippen LogP contribution is -2.41. The molecule has 1 heterocycles. The van der Waals surface area contributed by atoms with Crippen molar-refractivity contribution >= 4 is 27.3 Å². The predicted molar refractivity (Wildman–Crippen MR) is 109 cm³/mol. The molecule has 0 aromatic heterocycles. The second-order valence-corrected chi connectivity index (χ2v) is 9.27. The van der Waals surface area contributed by atoms with Gasteiger partial charge in [0.2, 0.25) is 15.9 Å². The largest absolute Gasteiger partial charge is 0.323 e. The van der Waals surface area contributed by atoms with Crippen LogP contribution in [0.15, 0.2) is 41.3 Å². The third-order valence-electron chi connectivity index (χ3n) is 5.36. The highest BCUT2D eigenvalue weighted by Gasteiger charge is 2.32. The predicted octanol–water partition coefficient (Wildman–Crippen LogP) is 3.39. The van der Waals surface area contributed by atoms with Gasteiger partial charge in [0.15, 0.2) is 0 Å². The van der Waals surface area contributed by atoms with Gasteiger partial charge in [-0.05, 0) is 56.0 Å². The van der Waals surface area contributed by atoms with Crippen LogP contribution in [-0.4, -0.2) is 36.6 Å². The first kappa shape index (κ1) is 21.8. The summed E-state index contributed by atoms with van der Waals surface area (Å²) in [5.41, 5.74) is 1.28. The van der Waals surface area contributed by atoms with Gasteiger partial charge >= 0.3 is 0 Å². The number of carbonyl (C=O) groups is 1. The van der Waals surface area contributed by atoms with Gasteiger partial charge < -0.3 is 5.32 Å². The first-order valence-corrected chi connectivity index (χ1v) is 10.9. The molecule has 1 saturated heterocycles. The van der Waals surface area contributed by atoms with E-state index in [1.165, 1.54) is 4.31 Å². The van der Waals surface area contributed by atoms with Crippen LogP contribution < -0.4 is 5.32 Å². The number of halogens is 1. The van der Waals surface area contributed by atoms with Gasteiger partial charge in [0.05, 0.1) is 15.5 Å². The number of benzene rings is 2. The van der Waals surface area contributed by atoms with Crippen LogP contribution in [0.25, 0.3) is 0 Å². The van der Waals surface area contributed by atoms with Crippen molar-refractivity contribution in [2.45, 2.75) is 31.6 Å². The fourth-order valence-electron chi connectivity index (χ4n) is 3.34. The molecular weight excluding hydrogens is 413 g/mol.